The first-order valence-corrected chi connectivity index (χ1v) is 9.48. The number of benzene rings is 1. The van der Waals surface area contributed by atoms with E-state index >= 15 is 0 Å². The van der Waals surface area contributed by atoms with E-state index in [0.29, 0.717) is 12.1 Å². The Labute approximate surface area is 134 Å². The molecule has 0 saturated heterocycles. The minimum absolute atomic E-state index is 0.101. The van der Waals surface area contributed by atoms with Crippen molar-refractivity contribution in [2.24, 2.45) is 0 Å². The number of thiophene rings is 1. The van der Waals surface area contributed by atoms with Gasteiger partial charge in [-0.25, -0.2) is 8.42 Å². The summed E-state index contributed by atoms with van der Waals surface area (Å²) in [6, 6.07) is 10.1. The van der Waals surface area contributed by atoms with Crippen LogP contribution in [-0.2, 0) is 16.4 Å². The lowest BCUT2D eigenvalue weighted by Gasteiger charge is -2.34. The molecule has 2 aromatic rings. The number of hydrogen-bond acceptors (Lipinski definition) is 4. The molecule has 1 aromatic heterocycles. The minimum atomic E-state index is -3.54. The molecule has 0 spiro atoms. The summed E-state index contributed by atoms with van der Waals surface area (Å²) < 4.78 is 27.5. The van der Waals surface area contributed by atoms with Crippen LogP contribution >= 0.6 is 11.3 Å². The molecule has 1 aliphatic rings. The Morgan fingerprint density at radius 2 is 2.05 bits per heavy atom. The van der Waals surface area contributed by atoms with Crippen molar-refractivity contribution < 1.29 is 8.42 Å². The Kier molecular flexibility index (Phi) is 4.04. The lowest BCUT2D eigenvalue weighted by atomic mass is 10.0. The van der Waals surface area contributed by atoms with Crippen LogP contribution in [0.3, 0.4) is 0 Å². The highest BCUT2D eigenvalue weighted by Gasteiger charge is 2.35. The van der Waals surface area contributed by atoms with Gasteiger partial charge in [0, 0.05) is 11.4 Å². The molecule has 0 N–H and O–H groups in total. The maximum Gasteiger partial charge on any atom is 0.243 e. The van der Waals surface area contributed by atoms with Gasteiger partial charge in [-0.1, -0.05) is 6.92 Å². The van der Waals surface area contributed by atoms with E-state index in [2.05, 4.69) is 0 Å². The van der Waals surface area contributed by atoms with Crippen LogP contribution < -0.4 is 0 Å². The summed E-state index contributed by atoms with van der Waals surface area (Å²) in [7, 11) is -3.54. The Morgan fingerprint density at radius 1 is 1.32 bits per heavy atom. The minimum Gasteiger partial charge on any atom is -0.207 e. The van der Waals surface area contributed by atoms with Crippen LogP contribution in [0.1, 0.15) is 35.4 Å². The lowest BCUT2D eigenvalue weighted by molar-refractivity contribution is 0.303. The second-order valence-electron chi connectivity index (χ2n) is 5.23. The molecule has 1 unspecified atom stereocenters. The van der Waals surface area contributed by atoms with E-state index in [1.165, 1.54) is 17.0 Å². The van der Waals surface area contributed by atoms with Gasteiger partial charge in [-0.2, -0.15) is 9.57 Å². The van der Waals surface area contributed by atoms with E-state index in [0.717, 1.165) is 18.4 Å². The fourth-order valence-electron chi connectivity index (χ4n) is 2.92. The van der Waals surface area contributed by atoms with Gasteiger partial charge in [0.15, 0.2) is 0 Å². The molecule has 1 atom stereocenters. The van der Waals surface area contributed by atoms with Gasteiger partial charge in [0.1, 0.15) is 0 Å². The van der Waals surface area contributed by atoms with Crippen molar-refractivity contribution in [2.75, 3.05) is 6.54 Å². The molecule has 0 radical (unpaired) electrons. The molecule has 114 valence electrons. The Bertz CT molecular complexity index is 817. The van der Waals surface area contributed by atoms with Gasteiger partial charge in [-0.3, -0.25) is 0 Å². The third kappa shape index (κ3) is 2.45. The van der Waals surface area contributed by atoms with Crippen LogP contribution in [0.2, 0.25) is 0 Å². The Morgan fingerprint density at radius 3 is 2.68 bits per heavy atom. The quantitative estimate of drug-likeness (QED) is 0.866. The zero-order valence-corrected chi connectivity index (χ0v) is 13.8. The first kappa shape index (κ1) is 15.2. The van der Waals surface area contributed by atoms with Crippen LogP contribution in [0.4, 0.5) is 0 Å². The third-order valence-corrected chi connectivity index (χ3v) is 6.94. The fraction of sp³-hybridized carbons (Fsp3) is 0.312. The monoisotopic (exact) mass is 332 g/mol. The zero-order chi connectivity index (χ0) is 15.7. The number of nitriles is 1. The van der Waals surface area contributed by atoms with Crippen LogP contribution in [0.25, 0.3) is 0 Å². The topological polar surface area (TPSA) is 61.2 Å². The van der Waals surface area contributed by atoms with Crippen LogP contribution in [0.5, 0.6) is 0 Å². The number of rotatable bonds is 3. The molecule has 0 amide bonds. The van der Waals surface area contributed by atoms with Crippen LogP contribution in [0.15, 0.2) is 40.6 Å². The summed E-state index contributed by atoms with van der Waals surface area (Å²) in [5.74, 6) is 0. The largest absolute Gasteiger partial charge is 0.243 e. The molecule has 0 bridgehead atoms. The molecule has 3 rings (SSSR count). The molecule has 6 heteroatoms. The molecule has 0 saturated carbocycles. The van der Waals surface area contributed by atoms with Gasteiger partial charge in [-0.05, 0) is 54.1 Å². The van der Waals surface area contributed by atoms with E-state index in [1.54, 1.807) is 27.8 Å². The highest BCUT2D eigenvalue weighted by atomic mass is 32.2. The maximum absolute atomic E-state index is 12.9. The number of fused-ring (bicyclic) bond motifs is 1. The highest BCUT2D eigenvalue weighted by molar-refractivity contribution is 7.89. The van der Waals surface area contributed by atoms with E-state index in [-0.39, 0.29) is 10.9 Å². The smallest absolute Gasteiger partial charge is 0.207 e. The predicted molar refractivity (Wildman–Crippen MR) is 86.1 cm³/mol. The third-order valence-electron chi connectivity index (χ3n) is 4.02. The van der Waals surface area contributed by atoms with Crippen LogP contribution in [-0.4, -0.2) is 19.3 Å². The van der Waals surface area contributed by atoms with E-state index < -0.39 is 10.0 Å². The van der Waals surface area contributed by atoms with Gasteiger partial charge in [0.2, 0.25) is 10.0 Å². The summed E-state index contributed by atoms with van der Waals surface area (Å²) in [6.07, 6.45) is 1.51. The van der Waals surface area contributed by atoms with Gasteiger partial charge < -0.3 is 0 Å². The second kappa shape index (κ2) is 5.84. The summed E-state index contributed by atoms with van der Waals surface area (Å²) >= 11 is 1.70. The standard InChI is InChI=1S/C16H16N2O2S2/c1-2-15-14-8-10-21-16(14)7-9-18(15)22(19,20)13-5-3-12(11-17)4-6-13/h3-6,8,10,15H,2,7,9H2,1H3. The van der Waals surface area contributed by atoms with Gasteiger partial charge in [0.25, 0.3) is 0 Å². The molecule has 4 nitrogen and oxygen atoms in total. The summed E-state index contributed by atoms with van der Waals surface area (Å²) in [5.41, 5.74) is 1.60. The predicted octanol–water partition coefficient (Wildman–Crippen LogP) is 3.32. The van der Waals surface area contributed by atoms with Crippen LogP contribution in [0, 0.1) is 11.3 Å². The van der Waals surface area contributed by atoms with Crippen molar-refractivity contribution in [3.63, 3.8) is 0 Å². The average Bonchev–Trinajstić information content (AvgIpc) is 3.02. The summed E-state index contributed by atoms with van der Waals surface area (Å²) in [5, 5.41) is 10.9. The molecule has 0 fully saturated rings. The zero-order valence-electron chi connectivity index (χ0n) is 12.2. The SMILES string of the molecule is CCC1c2ccsc2CCN1S(=O)(=O)c1ccc(C#N)cc1. The first-order valence-electron chi connectivity index (χ1n) is 7.16. The van der Waals surface area contributed by atoms with Crippen molar-refractivity contribution in [3.8, 4) is 6.07 Å². The van der Waals surface area contributed by atoms with Gasteiger partial charge >= 0.3 is 0 Å². The molecular weight excluding hydrogens is 316 g/mol. The van der Waals surface area contributed by atoms with Gasteiger partial charge in [0.05, 0.1) is 22.6 Å². The van der Waals surface area contributed by atoms with E-state index in [9.17, 15) is 8.42 Å². The van der Waals surface area contributed by atoms with Crippen molar-refractivity contribution in [1.82, 2.24) is 4.31 Å². The molecular formula is C16H16N2O2S2. The van der Waals surface area contributed by atoms with Crippen molar-refractivity contribution in [2.45, 2.75) is 30.7 Å². The number of sulfonamides is 1. The summed E-state index contributed by atoms with van der Waals surface area (Å²) in [6.45, 7) is 2.52. The molecule has 1 aromatic carbocycles. The molecule has 22 heavy (non-hydrogen) atoms. The second-order valence-corrected chi connectivity index (χ2v) is 8.12. The molecule has 2 heterocycles. The fourth-order valence-corrected chi connectivity index (χ4v) is 5.53. The van der Waals surface area contributed by atoms with Crippen molar-refractivity contribution >= 4 is 21.4 Å². The first-order chi connectivity index (χ1) is 10.6. The van der Waals surface area contributed by atoms with Gasteiger partial charge in [-0.15, -0.1) is 11.3 Å². The van der Waals surface area contributed by atoms with E-state index in [4.69, 9.17) is 5.26 Å². The number of nitrogens with zero attached hydrogens (tertiary/aromatic N) is 2. The molecule has 1 aliphatic heterocycles. The van der Waals surface area contributed by atoms with E-state index in [1.807, 2.05) is 24.4 Å². The highest BCUT2D eigenvalue weighted by Crippen LogP contribution is 2.38. The molecule has 0 aliphatic carbocycles. The number of hydrogen-bond donors (Lipinski definition) is 0. The Hall–Kier alpha value is -1.68. The Balaban J connectivity index is 2.00. The van der Waals surface area contributed by atoms with Crippen molar-refractivity contribution in [3.05, 3.63) is 51.7 Å². The normalized spacial score (nSPS) is 18.6. The maximum atomic E-state index is 12.9. The average molecular weight is 332 g/mol. The van der Waals surface area contributed by atoms with Crippen molar-refractivity contribution in [1.29, 1.82) is 5.26 Å². The summed E-state index contributed by atoms with van der Waals surface area (Å²) in [4.78, 5) is 1.54. The lowest BCUT2D eigenvalue weighted by Crippen LogP contribution is -2.39.